The number of hydrogen-bond donors (Lipinski definition) is 3. The van der Waals surface area contributed by atoms with Gasteiger partial charge < -0.3 is 25.4 Å². The van der Waals surface area contributed by atoms with Gasteiger partial charge in [0, 0.05) is 5.56 Å². The largest absolute Gasteiger partial charge is 0.508 e. The summed E-state index contributed by atoms with van der Waals surface area (Å²) in [7, 11) is 0. The number of halogens is 1. The van der Waals surface area contributed by atoms with Gasteiger partial charge in [-0.2, -0.15) is 5.26 Å². The quantitative estimate of drug-likeness (QED) is 0.508. The first-order chi connectivity index (χ1) is 15.9. The van der Waals surface area contributed by atoms with Crippen molar-refractivity contribution in [3.8, 4) is 11.8 Å². The lowest BCUT2D eigenvalue weighted by Crippen LogP contribution is -2.46. The molecule has 1 atom stereocenters. The van der Waals surface area contributed by atoms with Gasteiger partial charge in [0.05, 0.1) is 16.8 Å². The molecule has 10 heteroatoms. The maximum Gasteiger partial charge on any atom is 0.408 e. The van der Waals surface area contributed by atoms with Crippen LogP contribution in [0.1, 0.15) is 37.9 Å². The van der Waals surface area contributed by atoms with Crippen LogP contribution in [0.25, 0.3) is 0 Å². The smallest absolute Gasteiger partial charge is 0.408 e. The van der Waals surface area contributed by atoms with E-state index in [9.17, 15) is 24.8 Å². The molecular formula is C24H27ClN4O5. The van der Waals surface area contributed by atoms with Crippen LogP contribution in [0.3, 0.4) is 0 Å². The second-order valence-corrected chi connectivity index (χ2v) is 8.82. The number of ether oxygens (including phenoxy) is 1. The summed E-state index contributed by atoms with van der Waals surface area (Å²) in [6.45, 7) is 5.75. The summed E-state index contributed by atoms with van der Waals surface area (Å²) in [4.78, 5) is 39.4. The number of benzene rings is 2. The lowest BCUT2D eigenvalue weighted by Gasteiger charge is -2.30. The maximum atomic E-state index is 13.4. The van der Waals surface area contributed by atoms with Gasteiger partial charge in [0.25, 0.3) is 5.91 Å². The average molecular weight is 487 g/mol. The minimum atomic E-state index is -1.38. The molecule has 9 nitrogen and oxygen atoms in total. The summed E-state index contributed by atoms with van der Waals surface area (Å²) >= 11 is 6.24. The van der Waals surface area contributed by atoms with Gasteiger partial charge in [-0.1, -0.05) is 41.9 Å². The first-order valence-corrected chi connectivity index (χ1v) is 10.8. The molecule has 0 aliphatic rings. The van der Waals surface area contributed by atoms with Crippen molar-refractivity contribution in [2.24, 2.45) is 0 Å². The number of hydrogen-bond acceptors (Lipinski definition) is 6. The molecule has 180 valence electrons. The number of nitriles is 1. The Morgan fingerprint density at radius 3 is 2.44 bits per heavy atom. The number of carbonyl (C=O) groups excluding carboxylic acids is 3. The van der Waals surface area contributed by atoms with Crippen molar-refractivity contribution < 1.29 is 24.2 Å². The van der Waals surface area contributed by atoms with Crippen molar-refractivity contribution in [3.05, 3.63) is 58.6 Å². The van der Waals surface area contributed by atoms with Gasteiger partial charge in [-0.05, 0) is 45.4 Å². The van der Waals surface area contributed by atoms with Crippen LogP contribution in [0.5, 0.6) is 5.75 Å². The molecule has 3 amide bonds. The molecule has 1 unspecified atom stereocenters. The highest BCUT2D eigenvalue weighted by atomic mass is 35.5. The number of nitrogens with zero attached hydrogens (tertiary/aromatic N) is 2. The molecule has 0 heterocycles. The number of carbonyl (C=O) groups is 3. The van der Waals surface area contributed by atoms with Crippen molar-refractivity contribution >= 4 is 35.2 Å². The van der Waals surface area contributed by atoms with Gasteiger partial charge in [0.1, 0.15) is 30.5 Å². The molecule has 0 bridgehead atoms. The Bertz CT molecular complexity index is 1090. The number of anilines is 1. The van der Waals surface area contributed by atoms with Crippen LogP contribution in [0.2, 0.25) is 5.02 Å². The van der Waals surface area contributed by atoms with E-state index in [0.29, 0.717) is 11.3 Å². The Morgan fingerprint density at radius 1 is 1.18 bits per heavy atom. The second kappa shape index (κ2) is 11.4. The summed E-state index contributed by atoms with van der Waals surface area (Å²) in [6.07, 6.45) is -0.826. The number of para-hydroxylation sites is 2. The summed E-state index contributed by atoms with van der Waals surface area (Å²) in [6, 6.07) is 11.5. The van der Waals surface area contributed by atoms with Crippen LogP contribution in [-0.4, -0.2) is 46.6 Å². The van der Waals surface area contributed by atoms with Gasteiger partial charge in [0.2, 0.25) is 5.91 Å². The fourth-order valence-electron chi connectivity index (χ4n) is 3.11. The van der Waals surface area contributed by atoms with Crippen LogP contribution in [0, 0.1) is 18.3 Å². The first kappa shape index (κ1) is 26.5. The van der Waals surface area contributed by atoms with Crippen molar-refractivity contribution in [3.63, 3.8) is 0 Å². The molecule has 0 aliphatic carbocycles. The number of nitrogens with one attached hydrogen (secondary N) is 2. The molecule has 0 radical (unpaired) electrons. The zero-order valence-electron chi connectivity index (χ0n) is 19.4. The molecule has 3 N–H and O–H groups in total. The van der Waals surface area contributed by atoms with Gasteiger partial charge in [-0.15, -0.1) is 0 Å². The molecule has 0 fully saturated rings. The number of phenols is 1. The van der Waals surface area contributed by atoms with Crippen molar-refractivity contribution in [2.45, 2.75) is 39.3 Å². The summed E-state index contributed by atoms with van der Waals surface area (Å²) in [5.41, 5.74) is 0.350. The van der Waals surface area contributed by atoms with Crippen molar-refractivity contribution in [2.75, 3.05) is 18.4 Å². The third kappa shape index (κ3) is 7.12. The Labute approximate surface area is 203 Å². The van der Waals surface area contributed by atoms with Gasteiger partial charge >= 0.3 is 6.09 Å². The van der Waals surface area contributed by atoms with E-state index in [1.807, 2.05) is 6.07 Å². The minimum Gasteiger partial charge on any atom is -0.508 e. The lowest BCUT2D eigenvalue weighted by molar-refractivity contribution is -0.137. The number of aromatic hydroxyl groups is 1. The van der Waals surface area contributed by atoms with E-state index in [1.54, 1.807) is 58.0 Å². The monoisotopic (exact) mass is 486 g/mol. The van der Waals surface area contributed by atoms with E-state index >= 15 is 0 Å². The molecule has 34 heavy (non-hydrogen) atoms. The second-order valence-electron chi connectivity index (χ2n) is 8.42. The predicted octanol–water partition coefficient (Wildman–Crippen LogP) is 3.91. The standard InChI is InChI=1S/C24H27ClN4O5/c1-15-8-7-10-17(25)20(15)28-22(32)21(16-9-5-6-11-18(16)30)29(13-12-26)19(31)14-27-23(33)34-24(2,3)4/h5-11,21,30H,13-14H2,1-4H3,(H,27,33)(H,28,32). The van der Waals surface area contributed by atoms with Crippen molar-refractivity contribution in [1.82, 2.24) is 10.2 Å². The number of rotatable bonds is 7. The van der Waals surface area contributed by atoms with E-state index in [2.05, 4.69) is 10.6 Å². The topological polar surface area (TPSA) is 132 Å². The van der Waals surface area contributed by atoms with Crippen molar-refractivity contribution in [1.29, 1.82) is 5.26 Å². The summed E-state index contributed by atoms with van der Waals surface area (Å²) < 4.78 is 5.13. The number of aryl methyl sites for hydroxylation is 1. The number of alkyl carbamates (subject to hydrolysis) is 1. The summed E-state index contributed by atoms with van der Waals surface area (Å²) in [5, 5.41) is 25.1. The van der Waals surface area contributed by atoms with Crippen LogP contribution >= 0.6 is 11.6 Å². The molecule has 0 aliphatic heterocycles. The van der Waals surface area contributed by atoms with Crippen LogP contribution < -0.4 is 10.6 Å². The van der Waals surface area contributed by atoms with E-state index < -0.39 is 42.6 Å². The van der Waals surface area contributed by atoms with E-state index in [4.69, 9.17) is 16.3 Å². The summed E-state index contributed by atoms with van der Waals surface area (Å²) in [5.74, 6) is -1.67. The fourth-order valence-corrected chi connectivity index (χ4v) is 3.38. The minimum absolute atomic E-state index is 0.102. The highest BCUT2D eigenvalue weighted by Gasteiger charge is 2.34. The maximum absolute atomic E-state index is 13.4. The lowest BCUT2D eigenvalue weighted by atomic mass is 10.0. The Hall–Kier alpha value is -3.77. The van der Waals surface area contributed by atoms with E-state index in [1.165, 1.54) is 12.1 Å². The van der Waals surface area contributed by atoms with Gasteiger partial charge in [-0.3, -0.25) is 9.59 Å². The van der Waals surface area contributed by atoms with Gasteiger partial charge in [0.15, 0.2) is 0 Å². The fraction of sp³-hybridized carbons (Fsp3) is 0.333. The van der Waals surface area contributed by atoms with E-state index in [0.717, 1.165) is 4.90 Å². The van der Waals surface area contributed by atoms with Crippen LogP contribution in [-0.2, 0) is 14.3 Å². The molecule has 2 aromatic carbocycles. The Balaban J connectivity index is 2.39. The molecule has 0 saturated carbocycles. The highest BCUT2D eigenvalue weighted by Crippen LogP contribution is 2.32. The first-order valence-electron chi connectivity index (χ1n) is 10.4. The Morgan fingerprint density at radius 2 is 1.85 bits per heavy atom. The Kier molecular flexibility index (Phi) is 8.87. The number of amides is 3. The van der Waals surface area contributed by atoms with Crippen LogP contribution in [0.4, 0.5) is 10.5 Å². The molecular weight excluding hydrogens is 460 g/mol. The molecule has 2 aromatic rings. The molecule has 0 spiro atoms. The normalized spacial score (nSPS) is 11.6. The highest BCUT2D eigenvalue weighted by molar-refractivity contribution is 6.34. The number of phenolic OH excluding ortho intramolecular Hbond substituents is 1. The molecule has 0 saturated heterocycles. The third-order valence-electron chi connectivity index (χ3n) is 4.61. The zero-order chi connectivity index (χ0) is 25.5. The average Bonchev–Trinajstić information content (AvgIpc) is 2.74. The third-order valence-corrected chi connectivity index (χ3v) is 4.92. The SMILES string of the molecule is Cc1cccc(Cl)c1NC(=O)C(c1ccccc1O)N(CC#N)C(=O)CNC(=O)OC(C)(C)C. The van der Waals surface area contributed by atoms with Gasteiger partial charge in [-0.25, -0.2) is 4.79 Å². The van der Waals surface area contributed by atoms with Crippen LogP contribution in [0.15, 0.2) is 42.5 Å². The predicted molar refractivity (Wildman–Crippen MR) is 127 cm³/mol. The molecule has 0 aromatic heterocycles. The zero-order valence-corrected chi connectivity index (χ0v) is 20.1. The molecule has 2 rings (SSSR count). The van der Waals surface area contributed by atoms with E-state index in [-0.39, 0.29) is 16.3 Å².